The summed E-state index contributed by atoms with van der Waals surface area (Å²) in [6.07, 6.45) is 1.28. The lowest BCUT2D eigenvalue weighted by atomic mass is 10.1. The fraction of sp³-hybridized carbons (Fsp3) is 0.304. The number of nitrogens with one attached hydrogen (secondary N) is 1. The van der Waals surface area contributed by atoms with E-state index in [9.17, 15) is 22.4 Å². The molecule has 1 fully saturated rings. The van der Waals surface area contributed by atoms with Crippen LogP contribution in [-0.2, 0) is 22.1 Å². The van der Waals surface area contributed by atoms with E-state index in [2.05, 4.69) is 10.4 Å². The number of benzene rings is 2. The number of carbonyl (C=O) groups is 1. The van der Waals surface area contributed by atoms with Gasteiger partial charge in [-0.2, -0.15) is 18.3 Å². The minimum Gasteiger partial charge on any atom is -0.357 e. The Hall–Kier alpha value is -3.20. The van der Waals surface area contributed by atoms with Crippen LogP contribution in [0.2, 0.25) is 0 Å². The number of ether oxygens (including phenoxy) is 1. The summed E-state index contributed by atoms with van der Waals surface area (Å²) in [6, 6.07) is 8.79. The van der Waals surface area contributed by atoms with Crippen molar-refractivity contribution in [2.24, 2.45) is 0 Å². The average Bonchev–Trinajstić information content (AvgIpc) is 3.24. The van der Waals surface area contributed by atoms with Crippen LogP contribution >= 0.6 is 0 Å². The average molecular weight is 447 g/mol. The molecular weight excluding hydrogens is 426 g/mol. The molecule has 168 valence electrons. The molecule has 1 atom stereocenters. The van der Waals surface area contributed by atoms with Gasteiger partial charge in [0, 0.05) is 29.6 Å². The van der Waals surface area contributed by atoms with E-state index in [4.69, 9.17) is 4.74 Å². The lowest BCUT2D eigenvalue weighted by Crippen LogP contribution is -2.18. The Labute approximate surface area is 182 Å². The fourth-order valence-electron chi connectivity index (χ4n) is 3.64. The minimum absolute atomic E-state index is 0.157. The van der Waals surface area contributed by atoms with E-state index in [-0.39, 0.29) is 23.9 Å². The van der Waals surface area contributed by atoms with Crippen molar-refractivity contribution in [2.45, 2.75) is 38.1 Å². The Morgan fingerprint density at radius 2 is 2.03 bits per heavy atom. The van der Waals surface area contributed by atoms with Gasteiger partial charge in [0.1, 0.15) is 12.0 Å². The number of anilines is 1. The van der Waals surface area contributed by atoms with Gasteiger partial charge in [-0.25, -0.2) is 9.07 Å². The zero-order valence-electron chi connectivity index (χ0n) is 17.0. The summed E-state index contributed by atoms with van der Waals surface area (Å²) < 4.78 is 60.5. The van der Waals surface area contributed by atoms with E-state index in [1.807, 2.05) is 0 Å². The molecule has 0 aliphatic carbocycles. The third kappa shape index (κ3) is 5.16. The van der Waals surface area contributed by atoms with E-state index < -0.39 is 23.5 Å². The quantitative estimate of drug-likeness (QED) is 0.519. The zero-order chi connectivity index (χ0) is 22.7. The molecule has 1 aliphatic heterocycles. The molecule has 5 nitrogen and oxygen atoms in total. The second-order valence-corrected chi connectivity index (χ2v) is 7.65. The van der Waals surface area contributed by atoms with Gasteiger partial charge in [0.05, 0.1) is 18.2 Å². The molecule has 1 N–H and O–H groups in total. The number of aromatic nitrogens is 2. The van der Waals surface area contributed by atoms with Crippen LogP contribution in [0.4, 0.5) is 23.2 Å². The van der Waals surface area contributed by atoms with Crippen LogP contribution in [0.1, 0.15) is 36.6 Å². The van der Waals surface area contributed by atoms with Gasteiger partial charge in [-0.15, -0.1) is 0 Å². The number of nitrogens with zero attached hydrogens (tertiary/aromatic N) is 2. The van der Waals surface area contributed by atoms with Gasteiger partial charge in [-0.1, -0.05) is 18.2 Å². The van der Waals surface area contributed by atoms with E-state index in [1.165, 1.54) is 30.3 Å². The van der Waals surface area contributed by atoms with E-state index in [1.54, 1.807) is 17.1 Å². The molecule has 1 aromatic heterocycles. The summed E-state index contributed by atoms with van der Waals surface area (Å²) in [7, 11) is 0. The number of halogens is 4. The maximum absolute atomic E-state index is 14.7. The normalized spacial score (nSPS) is 16.7. The van der Waals surface area contributed by atoms with E-state index in [0.717, 1.165) is 31.4 Å². The van der Waals surface area contributed by atoms with Crippen molar-refractivity contribution in [3.8, 4) is 11.1 Å². The second-order valence-electron chi connectivity index (χ2n) is 7.65. The number of rotatable bonds is 5. The van der Waals surface area contributed by atoms with Crippen molar-refractivity contribution in [1.29, 1.82) is 0 Å². The molecule has 3 aromatic rings. The summed E-state index contributed by atoms with van der Waals surface area (Å²) in [5.74, 6) is -1.09. The van der Waals surface area contributed by atoms with Crippen LogP contribution in [0.3, 0.4) is 0 Å². The molecule has 1 unspecified atom stereocenters. The summed E-state index contributed by atoms with van der Waals surface area (Å²) >= 11 is 0. The van der Waals surface area contributed by atoms with Crippen molar-refractivity contribution in [1.82, 2.24) is 9.78 Å². The number of carbonyl (C=O) groups excluding carboxylic acids is 1. The smallest absolute Gasteiger partial charge is 0.357 e. The Morgan fingerprint density at radius 1 is 1.19 bits per heavy atom. The van der Waals surface area contributed by atoms with Crippen LogP contribution in [0.5, 0.6) is 0 Å². The standard InChI is InChI=1S/C23H21F4N3O2/c24-20-12-18(29-21(31)11-15-4-3-5-17(10-15)23(25,26)27)7-8-19(20)16-13-28-30(14-16)22-6-1-2-9-32-22/h3-5,7-8,10,12-14,22H,1-2,6,9,11H2,(H,29,31). The lowest BCUT2D eigenvalue weighted by molar-refractivity contribution is -0.137. The molecule has 0 bridgehead atoms. The molecule has 9 heteroatoms. The molecule has 2 heterocycles. The number of hydrogen-bond donors (Lipinski definition) is 1. The zero-order valence-corrected chi connectivity index (χ0v) is 17.0. The Bertz CT molecular complexity index is 1100. The summed E-state index contributed by atoms with van der Waals surface area (Å²) in [6.45, 7) is 0.670. The van der Waals surface area contributed by atoms with E-state index >= 15 is 0 Å². The molecule has 32 heavy (non-hydrogen) atoms. The first-order valence-electron chi connectivity index (χ1n) is 10.2. The Morgan fingerprint density at radius 3 is 2.75 bits per heavy atom. The lowest BCUT2D eigenvalue weighted by Gasteiger charge is -2.22. The first-order chi connectivity index (χ1) is 15.3. The van der Waals surface area contributed by atoms with E-state index in [0.29, 0.717) is 17.7 Å². The summed E-state index contributed by atoms with van der Waals surface area (Å²) in [5.41, 5.74) is 0.511. The highest BCUT2D eigenvalue weighted by Gasteiger charge is 2.30. The molecule has 1 amide bonds. The van der Waals surface area contributed by atoms with Crippen molar-refractivity contribution in [2.75, 3.05) is 11.9 Å². The number of alkyl halides is 3. The van der Waals surface area contributed by atoms with Gasteiger partial charge in [-0.3, -0.25) is 4.79 Å². The molecule has 2 aromatic carbocycles. The van der Waals surface area contributed by atoms with Gasteiger partial charge in [0.15, 0.2) is 0 Å². The molecule has 0 radical (unpaired) electrons. The van der Waals surface area contributed by atoms with Crippen molar-refractivity contribution < 1.29 is 27.1 Å². The number of amides is 1. The maximum atomic E-state index is 14.7. The molecular formula is C23H21F4N3O2. The monoisotopic (exact) mass is 447 g/mol. The summed E-state index contributed by atoms with van der Waals surface area (Å²) in [5, 5.41) is 6.80. The molecule has 0 saturated carbocycles. The van der Waals surface area contributed by atoms with Gasteiger partial charge in [0.25, 0.3) is 0 Å². The Kier molecular flexibility index (Phi) is 6.27. The van der Waals surface area contributed by atoms with Crippen LogP contribution in [0, 0.1) is 5.82 Å². The largest absolute Gasteiger partial charge is 0.416 e. The third-order valence-electron chi connectivity index (χ3n) is 5.24. The highest BCUT2D eigenvalue weighted by atomic mass is 19.4. The van der Waals surface area contributed by atoms with Gasteiger partial charge in [-0.05, 0) is 49.1 Å². The van der Waals surface area contributed by atoms with Gasteiger partial charge >= 0.3 is 6.18 Å². The predicted octanol–water partition coefficient (Wildman–Crippen LogP) is 5.59. The number of hydrogen-bond acceptors (Lipinski definition) is 3. The van der Waals surface area contributed by atoms with Crippen molar-refractivity contribution >= 4 is 11.6 Å². The molecule has 4 rings (SSSR count). The SMILES string of the molecule is O=C(Cc1cccc(C(F)(F)F)c1)Nc1ccc(-c2cnn(C3CCCCO3)c2)c(F)c1. The first-order valence-corrected chi connectivity index (χ1v) is 10.2. The Balaban J connectivity index is 1.42. The topological polar surface area (TPSA) is 56.2 Å². The molecule has 0 spiro atoms. The van der Waals surface area contributed by atoms with Gasteiger partial charge < -0.3 is 10.1 Å². The molecule has 1 saturated heterocycles. The van der Waals surface area contributed by atoms with Crippen LogP contribution < -0.4 is 5.32 Å². The van der Waals surface area contributed by atoms with Crippen LogP contribution in [0.25, 0.3) is 11.1 Å². The van der Waals surface area contributed by atoms with Crippen LogP contribution in [-0.4, -0.2) is 22.3 Å². The highest BCUT2D eigenvalue weighted by molar-refractivity contribution is 5.92. The van der Waals surface area contributed by atoms with Crippen molar-refractivity contribution in [3.63, 3.8) is 0 Å². The highest BCUT2D eigenvalue weighted by Crippen LogP contribution is 2.30. The minimum atomic E-state index is -4.48. The predicted molar refractivity (Wildman–Crippen MR) is 110 cm³/mol. The second kappa shape index (κ2) is 9.12. The van der Waals surface area contributed by atoms with Crippen molar-refractivity contribution in [3.05, 3.63) is 71.8 Å². The summed E-state index contributed by atoms with van der Waals surface area (Å²) in [4.78, 5) is 12.2. The third-order valence-corrected chi connectivity index (χ3v) is 5.24. The first kappa shape index (κ1) is 22.0. The fourth-order valence-corrected chi connectivity index (χ4v) is 3.64. The molecule has 1 aliphatic rings. The van der Waals surface area contributed by atoms with Crippen LogP contribution in [0.15, 0.2) is 54.9 Å². The van der Waals surface area contributed by atoms with Gasteiger partial charge in [0.2, 0.25) is 5.91 Å². The maximum Gasteiger partial charge on any atom is 0.416 e.